The molecule has 0 aromatic carbocycles. The maximum atomic E-state index is 12.5. The number of allylic oxidation sites excluding steroid dienone is 2. The molecule has 2 rings (SSSR count). The van der Waals surface area contributed by atoms with E-state index in [1.54, 1.807) is 0 Å². The van der Waals surface area contributed by atoms with Crippen LogP contribution >= 0.6 is 0 Å². The minimum atomic E-state index is -0.246. The lowest BCUT2D eigenvalue weighted by Crippen LogP contribution is -2.52. The normalized spacial score (nSPS) is 34.2. The van der Waals surface area contributed by atoms with Crippen molar-refractivity contribution in [3.63, 3.8) is 0 Å². The zero-order chi connectivity index (χ0) is 26.5. The smallest absolute Gasteiger partial charge is 0.226 e. The maximum Gasteiger partial charge on any atom is 0.226 e. The van der Waals surface area contributed by atoms with Crippen LogP contribution in [0.4, 0.5) is 0 Å². The fourth-order valence-electron chi connectivity index (χ4n) is 5.26. The summed E-state index contributed by atoms with van der Waals surface area (Å²) in [5.74, 6) is 2.26. The fraction of sp³-hybridized carbons (Fsp3) is 0.800. The standard InChI is InChI=1S/2C15H27NO/c2*1-7-12-9-8-11(2)15(6,10-12)13(17)16-14(3,4)5/h2*7,11-12H,1,8-10H2,2-6H3,(H,16,17)/t11-,12-,15+;11-,12-,15-/m11/s1. The molecule has 2 aliphatic carbocycles. The molecule has 4 nitrogen and oxygen atoms in total. The highest BCUT2D eigenvalue weighted by molar-refractivity contribution is 5.83. The van der Waals surface area contributed by atoms with E-state index in [0.717, 1.165) is 25.7 Å². The van der Waals surface area contributed by atoms with Crippen LogP contribution in [-0.4, -0.2) is 22.9 Å². The van der Waals surface area contributed by atoms with Crippen LogP contribution in [0.1, 0.15) is 108 Å². The summed E-state index contributed by atoms with van der Waals surface area (Å²) in [6.07, 6.45) is 10.4. The van der Waals surface area contributed by atoms with Gasteiger partial charge >= 0.3 is 0 Å². The van der Waals surface area contributed by atoms with Crippen molar-refractivity contribution in [2.75, 3.05) is 0 Å². The Morgan fingerprint density at radius 3 is 1.24 bits per heavy atom. The highest BCUT2D eigenvalue weighted by Gasteiger charge is 2.45. The first-order chi connectivity index (χ1) is 15.4. The topological polar surface area (TPSA) is 58.2 Å². The number of rotatable bonds is 4. The summed E-state index contributed by atoms with van der Waals surface area (Å²) < 4.78 is 0. The van der Waals surface area contributed by atoms with E-state index in [1.807, 2.05) is 53.7 Å². The van der Waals surface area contributed by atoms with Gasteiger partial charge in [-0.25, -0.2) is 0 Å². The van der Waals surface area contributed by atoms with Crippen molar-refractivity contribution >= 4 is 11.8 Å². The molecule has 0 saturated heterocycles. The van der Waals surface area contributed by atoms with Gasteiger partial charge < -0.3 is 10.6 Å². The Morgan fingerprint density at radius 1 is 0.706 bits per heavy atom. The molecule has 2 fully saturated rings. The molecule has 0 radical (unpaired) electrons. The zero-order valence-corrected chi connectivity index (χ0v) is 23.9. The summed E-state index contributed by atoms with van der Waals surface area (Å²) in [6.45, 7) is 28.6. The average molecular weight is 475 g/mol. The molecule has 196 valence electrons. The SMILES string of the molecule is C=C[C@@H]1CC[C@@H](C)[C@@](C)(C(=O)NC(C)(C)C)C1.C=C[C@@H]1CC[C@@H](C)[C@](C)(C(=O)NC(C)(C)C)C1. The van der Waals surface area contributed by atoms with Gasteiger partial charge in [-0.3, -0.25) is 9.59 Å². The molecule has 6 atom stereocenters. The number of hydrogen-bond acceptors (Lipinski definition) is 2. The molecule has 0 aromatic rings. The van der Waals surface area contributed by atoms with Gasteiger partial charge in [0.1, 0.15) is 0 Å². The highest BCUT2D eigenvalue weighted by Crippen LogP contribution is 2.45. The number of amides is 2. The summed E-state index contributed by atoms with van der Waals surface area (Å²) in [5.41, 5.74) is -0.795. The van der Waals surface area contributed by atoms with Crippen LogP contribution < -0.4 is 10.6 Å². The molecule has 0 aliphatic heterocycles. The number of carbonyl (C=O) groups is 2. The summed E-state index contributed by atoms with van der Waals surface area (Å²) >= 11 is 0. The third-order valence-corrected chi connectivity index (χ3v) is 8.17. The van der Waals surface area contributed by atoms with Crippen LogP contribution in [-0.2, 0) is 9.59 Å². The lowest BCUT2D eigenvalue weighted by atomic mass is 9.64. The second-order valence-corrected chi connectivity index (χ2v) is 13.6. The Morgan fingerprint density at radius 2 is 1.00 bits per heavy atom. The third kappa shape index (κ3) is 8.27. The molecule has 34 heavy (non-hydrogen) atoms. The van der Waals surface area contributed by atoms with Crippen LogP contribution in [0, 0.1) is 34.5 Å². The van der Waals surface area contributed by atoms with Crippen LogP contribution in [0.3, 0.4) is 0 Å². The molecular weight excluding hydrogens is 420 g/mol. The Balaban J connectivity index is 0.000000340. The van der Waals surface area contributed by atoms with Gasteiger partial charge in [-0.2, -0.15) is 0 Å². The first-order valence-electron chi connectivity index (χ1n) is 13.3. The second kappa shape index (κ2) is 11.4. The van der Waals surface area contributed by atoms with E-state index in [9.17, 15) is 9.59 Å². The van der Waals surface area contributed by atoms with Crippen molar-refractivity contribution in [3.8, 4) is 0 Å². The molecule has 2 saturated carbocycles. The fourth-order valence-corrected chi connectivity index (χ4v) is 5.26. The van der Waals surface area contributed by atoms with E-state index in [4.69, 9.17) is 0 Å². The lowest BCUT2D eigenvalue weighted by molar-refractivity contribution is -0.138. The zero-order valence-electron chi connectivity index (χ0n) is 23.9. The molecule has 0 heterocycles. The number of carbonyl (C=O) groups excluding carboxylic acids is 2. The van der Waals surface area contributed by atoms with Gasteiger partial charge in [0.25, 0.3) is 0 Å². The number of nitrogens with one attached hydrogen (secondary N) is 2. The van der Waals surface area contributed by atoms with Gasteiger partial charge in [-0.15, -0.1) is 13.2 Å². The van der Waals surface area contributed by atoms with Crippen molar-refractivity contribution in [2.24, 2.45) is 34.5 Å². The van der Waals surface area contributed by atoms with Crippen molar-refractivity contribution < 1.29 is 9.59 Å². The van der Waals surface area contributed by atoms with Crippen LogP contribution in [0.15, 0.2) is 25.3 Å². The largest absolute Gasteiger partial charge is 0.351 e. The van der Waals surface area contributed by atoms with Crippen molar-refractivity contribution in [2.45, 2.75) is 119 Å². The predicted molar refractivity (Wildman–Crippen MR) is 145 cm³/mol. The number of hydrogen-bond donors (Lipinski definition) is 2. The van der Waals surface area contributed by atoms with Gasteiger partial charge in [0.15, 0.2) is 0 Å². The second-order valence-electron chi connectivity index (χ2n) is 13.6. The molecule has 0 aromatic heterocycles. The lowest BCUT2D eigenvalue weighted by Gasteiger charge is -2.42. The first kappa shape index (κ1) is 30.5. The summed E-state index contributed by atoms with van der Waals surface area (Å²) in [5, 5.41) is 6.26. The van der Waals surface area contributed by atoms with Gasteiger partial charge in [-0.1, -0.05) is 39.8 Å². The molecule has 2 amide bonds. The van der Waals surface area contributed by atoms with Crippen LogP contribution in [0.25, 0.3) is 0 Å². The van der Waals surface area contributed by atoms with Crippen molar-refractivity contribution in [3.05, 3.63) is 25.3 Å². The Bertz CT molecular complexity index is 667. The first-order valence-corrected chi connectivity index (χ1v) is 13.3. The minimum Gasteiger partial charge on any atom is -0.351 e. The predicted octanol–water partition coefficient (Wildman–Crippen LogP) is 7.06. The quantitative estimate of drug-likeness (QED) is 0.429. The van der Waals surface area contributed by atoms with Gasteiger partial charge in [0, 0.05) is 21.9 Å². The van der Waals surface area contributed by atoms with E-state index in [2.05, 4.69) is 51.5 Å². The van der Waals surface area contributed by atoms with Crippen molar-refractivity contribution in [1.29, 1.82) is 0 Å². The van der Waals surface area contributed by atoms with Gasteiger partial charge in [0.2, 0.25) is 11.8 Å². The summed E-state index contributed by atoms with van der Waals surface area (Å²) in [4.78, 5) is 24.9. The molecule has 2 aliphatic rings. The third-order valence-electron chi connectivity index (χ3n) is 8.17. The Hall–Kier alpha value is -1.58. The molecule has 4 heteroatoms. The molecule has 2 N–H and O–H groups in total. The van der Waals surface area contributed by atoms with E-state index in [1.165, 1.54) is 12.8 Å². The molecular formula is C30H54N2O2. The molecule has 0 unspecified atom stereocenters. The Labute approximate surface area is 210 Å². The van der Waals surface area contributed by atoms with E-state index < -0.39 is 0 Å². The highest BCUT2D eigenvalue weighted by atomic mass is 16.2. The van der Waals surface area contributed by atoms with Gasteiger partial charge in [-0.05, 0) is 104 Å². The minimum absolute atomic E-state index is 0.152. The van der Waals surface area contributed by atoms with Crippen LogP contribution in [0.5, 0.6) is 0 Å². The molecule has 0 bridgehead atoms. The average Bonchev–Trinajstić information content (AvgIpc) is 2.70. The Kier molecular flexibility index (Phi) is 10.2. The maximum absolute atomic E-state index is 12.5. The van der Waals surface area contributed by atoms with Gasteiger partial charge in [0.05, 0.1) is 0 Å². The van der Waals surface area contributed by atoms with E-state index in [-0.39, 0.29) is 33.7 Å². The van der Waals surface area contributed by atoms with E-state index >= 15 is 0 Å². The molecule has 0 spiro atoms. The van der Waals surface area contributed by atoms with Crippen molar-refractivity contribution in [1.82, 2.24) is 10.6 Å². The summed E-state index contributed by atoms with van der Waals surface area (Å²) in [7, 11) is 0. The van der Waals surface area contributed by atoms with E-state index in [0.29, 0.717) is 23.7 Å². The summed E-state index contributed by atoms with van der Waals surface area (Å²) in [6, 6.07) is 0. The van der Waals surface area contributed by atoms with Crippen LogP contribution in [0.2, 0.25) is 0 Å². The monoisotopic (exact) mass is 474 g/mol.